The molecule has 0 aliphatic carbocycles. The number of para-hydroxylation sites is 1. The van der Waals surface area contributed by atoms with Gasteiger partial charge in [-0.25, -0.2) is 0 Å². The van der Waals surface area contributed by atoms with Crippen LogP contribution < -0.4 is 21.1 Å². The minimum absolute atomic E-state index is 0.196. The molecule has 3 rings (SSSR count). The molecule has 1 unspecified atom stereocenters. The van der Waals surface area contributed by atoms with Gasteiger partial charge in [0.05, 0.1) is 7.11 Å². The number of ether oxygens (including phenoxy) is 1. The zero-order valence-corrected chi connectivity index (χ0v) is 16.4. The summed E-state index contributed by atoms with van der Waals surface area (Å²) in [4.78, 5) is 12.8. The maximum atomic E-state index is 12.8. The molecular formula is C23H24N4O2. The van der Waals surface area contributed by atoms with Crippen molar-refractivity contribution in [2.75, 3.05) is 25.2 Å². The van der Waals surface area contributed by atoms with Gasteiger partial charge in [-0.2, -0.15) is 0 Å². The van der Waals surface area contributed by atoms with Crippen molar-refractivity contribution < 1.29 is 9.53 Å². The number of nitrogens with two attached hydrogens (primary N) is 1. The highest BCUT2D eigenvalue weighted by atomic mass is 16.5. The van der Waals surface area contributed by atoms with Gasteiger partial charge in [0.1, 0.15) is 11.8 Å². The highest BCUT2D eigenvalue weighted by Crippen LogP contribution is 2.30. The number of carbonyl (C=O) groups is 1. The first-order valence-electron chi connectivity index (χ1n) is 9.19. The molecule has 0 aliphatic rings. The van der Waals surface area contributed by atoms with Crippen LogP contribution in [0.1, 0.15) is 17.2 Å². The first kappa shape index (κ1) is 20.1. The molecule has 6 heteroatoms. The lowest BCUT2D eigenvalue weighted by Gasteiger charge is -2.18. The molecule has 6 nitrogen and oxygen atoms in total. The number of hydrogen-bond donors (Lipinski definition) is 4. The van der Waals surface area contributed by atoms with Crippen molar-refractivity contribution in [3.63, 3.8) is 0 Å². The van der Waals surface area contributed by atoms with Gasteiger partial charge in [0.2, 0.25) is 5.91 Å². The molecule has 29 heavy (non-hydrogen) atoms. The maximum absolute atomic E-state index is 12.8. The van der Waals surface area contributed by atoms with E-state index in [-0.39, 0.29) is 5.91 Å². The van der Waals surface area contributed by atoms with Gasteiger partial charge in [0.25, 0.3) is 0 Å². The summed E-state index contributed by atoms with van der Waals surface area (Å²) in [7, 11) is 3.39. The van der Waals surface area contributed by atoms with Gasteiger partial charge in [-0.15, -0.1) is 0 Å². The van der Waals surface area contributed by atoms with Crippen molar-refractivity contribution in [3.05, 3.63) is 77.9 Å². The number of nitrogen functional groups attached to an aromatic ring is 1. The summed E-state index contributed by atoms with van der Waals surface area (Å²) < 4.78 is 5.43. The Hall–Kier alpha value is -3.64. The summed E-state index contributed by atoms with van der Waals surface area (Å²) in [6.07, 6.45) is 1.16. The van der Waals surface area contributed by atoms with Crippen molar-refractivity contribution in [1.82, 2.24) is 5.32 Å². The van der Waals surface area contributed by atoms with Crippen LogP contribution in [0.5, 0.6) is 5.75 Å². The smallest absolute Gasteiger partial charge is 0.246 e. The molecule has 0 spiro atoms. The molecule has 0 heterocycles. The van der Waals surface area contributed by atoms with E-state index in [4.69, 9.17) is 15.9 Å². The molecule has 0 saturated heterocycles. The van der Waals surface area contributed by atoms with Crippen LogP contribution in [0.15, 0.2) is 66.7 Å². The third-order valence-electron chi connectivity index (χ3n) is 4.72. The minimum atomic E-state index is -0.525. The molecule has 0 aliphatic heterocycles. The van der Waals surface area contributed by atoms with Crippen LogP contribution in [0, 0.1) is 5.41 Å². The molecular weight excluding hydrogens is 364 g/mol. The summed E-state index contributed by atoms with van der Waals surface area (Å²) in [6, 6.07) is 20.2. The molecule has 1 amide bonds. The lowest BCUT2D eigenvalue weighted by atomic mass is 9.99. The SMILES string of the molecule is CNC(C(=O)Nc1ccc(N)c(C=N)c1)c1ccc(-c2ccccc2OC)cc1. The third kappa shape index (κ3) is 4.44. The van der Waals surface area contributed by atoms with Gasteiger partial charge < -0.3 is 26.5 Å². The van der Waals surface area contributed by atoms with Gasteiger partial charge in [-0.05, 0) is 42.4 Å². The largest absolute Gasteiger partial charge is 0.496 e. The fourth-order valence-corrected chi connectivity index (χ4v) is 3.18. The van der Waals surface area contributed by atoms with E-state index < -0.39 is 6.04 Å². The van der Waals surface area contributed by atoms with Gasteiger partial charge in [0.15, 0.2) is 0 Å². The number of methoxy groups -OCH3 is 1. The second kappa shape index (κ2) is 9.03. The maximum Gasteiger partial charge on any atom is 0.246 e. The van der Waals surface area contributed by atoms with Crippen LogP contribution in [-0.4, -0.2) is 26.3 Å². The zero-order chi connectivity index (χ0) is 20.8. The number of rotatable bonds is 7. The van der Waals surface area contributed by atoms with Crippen LogP contribution in [-0.2, 0) is 4.79 Å². The van der Waals surface area contributed by atoms with Crippen LogP contribution in [0.3, 0.4) is 0 Å². The molecule has 0 bridgehead atoms. The van der Waals surface area contributed by atoms with Gasteiger partial charge in [-0.3, -0.25) is 4.79 Å². The van der Waals surface area contributed by atoms with E-state index >= 15 is 0 Å². The Labute approximate surface area is 170 Å². The molecule has 0 aromatic heterocycles. The number of carbonyl (C=O) groups excluding carboxylic acids is 1. The fraction of sp³-hybridized carbons (Fsp3) is 0.130. The zero-order valence-electron chi connectivity index (χ0n) is 16.4. The molecule has 5 N–H and O–H groups in total. The molecule has 3 aromatic carbocycles. The van der Waals surface area contributed by atoms with Crippen molar-refractivity contribution in [1.29, 1.82) is 5.41 Å². The van der Waals surface area contributed by atoms with Crippen molar-refractivity contribution in [2.24, 2.45) is 0 Å². The Morgan fingerprint density at radius 2 is 1.83 bits per heavy atom. The minimum Gasteiger partial charge on any atom is -0.496 e. The molecule has 0 fully saturated rings. The first-order chi connectivity index (χ1) is 14.1. The highest BCUT2D eigenvalue weighted by Gasteiger charge is 2.19. The Morgan fingerprint density at radius 3 is 2.48 bits per heavy atom. The quantitative estimate of drug-likeness (QED) is 0.365. The van der Waals surface area contributed by atoms with Gasteiger partial charge in [0, 0.05) is 28.7 Å². The lowest BCUT2D eigenvalue weighted by Crippen LogP contribution is -2.30. The van der Waals surface area contributed by atoms with E-state index in [2.05, 4.69) is 10.6 Å². The normalized spacial score (nSPS) is 11.5. The average Bonchev–Trinajstić information content (AvgIpc) is 2.76. The Balaban J connectivity index is 1.81. The van der Waals surface area contributed by atoms with Crippen molar-refractivity contribution in [3.8, 4) is 16.9 Å². The van der Waals surface area contributed by atoms with Crippen LogP contribution >= 0.6 is 0 Å². The predicted octanol–water partition coefficient (Wildman–Crippen LogP) is 3.84. The van der Waals surface area contributed by atoms with Crippen molar-refractivity contribution >= 4 is 23.5 Å². The van der Waals surface area contributed by atoms with Crippen LogP contribution in [0.4, 0.5) is 11.4 Å². The number of benzene rings is 3. The fourth-order valence-electron chi connectivity index (χ4n) is 3.18. The van der Waals surface area contributed by atoms with E-state index in [1.165, 1.54) is 0 Å². The Kier molecular flexibility index (Phi) is 6.26. The van der Waals surface area contributed by atoms with E-state index in [0.29, 0.717) is 16.9 Å². The summed E-state index contributed by atoms with van der Waals surface area (Å²) in [5.74, 6) is 0.603. The number of nitrogens with one attached hydrogen (secondary N) is 3. The Bertz CT molecular complexity index is 1020. The van der Waals surface area contributed by atoms with E-state index in [1.807, 2.05) is 48.5 Å². The Morgan fingerprint density at radius 1 is 1.10 bits per heavy atom. The topological polar surface area (TPSA) is 100 Å². The van der Waals surface area contributed by atoms with Crippen LogP contribution in [0.25, 0.3) is 11.1 Å². The summed E-state index contributed by atoms with van der Waals surface area (Å²) in [6.45, 7) is 0. The molecule has 3 aromatic rings. The number of amides is 1. The van der Waals surface area contributed by atoms with Crippen molar-refractivity contribution in [2.45, 2.75) is 6.04 Å². The van der Waals surface area contributed by atoms with Crippen LogP contribution in [0.2, 0.25) is 0 Å². The molecule has 148 valence electrons. The monoisotopic (exact) mass is 388 g/mol. The summed E-state index contributed by atoms with van der Waals surface area (Å²) >= 11 is 0. The predicted molar refractivity (Wildman–Crippen MR) is 118 cm³/mol. The average molecular weight is 388 g/mol. The first-order valence-corrected chi connectivity index (χ1v) is 9.19. The highest BCUT2D eigenvalue weighted by molar-refractivity contribution is 5.97. The second-order valence-electron chi connectivity index (χ2n) is 6.52. The molecule has 1 atom stereocenters. The summed E-state index contributed by atoms with van der Waals surface area (Å²) in [5.41, 5.74) is 10.3. The lowest BCUT2D eigenvalue weighted by molar-refractivity contribution is -0.118. The number of anilines is 2. The molecule has 0 saturated carbocycles. The molecule has 0 radical (unpaired) electrons. The third-order valence-corrected chi connectivity index (χ3v) is 4.72. The van der Waals surface area contributed by atoms with E-state index in [9.17, 15) is 4.79 Å². The van der Waals surface area contributed by atoms with E-state index in [1.54, 1.807) is 32.4 Å². The summed E-state index contributed by atoms with van der Waals surface area (Å²) in [5, 5.41) is 13.3. The number of hydrogen-bond acceptors (Lipinski definition) is 5. The van der Waals surface area contributed by atoms with Gasteiger partial charge >= 0.3 is 0 Å². The van der Waals surface area contributed by atoms with E-state index in [0.717, 1.165) is 28.7 Å². The second-order valence-corrected chi connectivity index (χ2v) is 6.52. The number of likely N-dealkylation sites (N-methyl/N-ethyl adjacent to an activating group) is 1. The van der Waals surface area contributed by atoms with Gasteiger partial charge in [-0.1, -0.05) is 42.5 Å². The standard InChI is InChI=1S/C23H24N4O2/c1-26-22(23(28)27-18-11-12-20(25)17(13-18)14-24)16-9-7-15(8-10-16)19-5-3-4-6-21(19)29-2/h3-14,22,24,26H,25H2,1-2H3,(H,27,28).